The molecule has 0 aromatic heterocycles. The Hall–Kier alpha value is -0.780. The number of ether oxygens (including phenoxy) is 2. The molecule has 4 nitrogen and oxygen atoms in total. The molecule has 0 saturated heterocycles. The molecule has 0 amide bonds. The molecule has 0 radical (unpaired) electrons. The van der Waals surface area contributed by atoms with Gasteiger partial charge in [-0.1, -0.05) is 18.2 Å². The SMILES string of the molecule is COc1ccccc1C(CS(=O)(=O)Cl)OC. The molecule has 1 aromatic carbocycles. The molecule has 0 N–H and O–H groups in total. The van der Waals surface area contributed by atoms with Gasteiger partial charge in [0.2, 0.25) is 9.05 Å². The van der Waals surface area contributed by atoms with E-state index in [0.29, 0.717) is 11.3 Å². The van der Waals surface area contributed by atoms with Crippen molar-refractivity contribution in [1.29, 1.82) is 0 Å². The van der Waals surface area contributed by atoms with Crippen molar-refractivity contribution in [3.05, 3.63) is 29.8 Å². The summed E-state index contributed by atoms with van der Waals surface area (Å²) in [5.41, 5.74) is 0.664. The average molecular weight is 265 g/mol. The summed E-state index contributed by atoms with van der Waals surface area (Å²) in [7, 11) is 4.53. The highest BCUT2D eigenvalue weighted by molar-refractivity contribution is 8.13. The average Bonchev–Trinajstić information content (AvgIpc) is 2.24. The third-order valence-corrected chi connectivity index (χ3v) is 3.20. The summed E-state index contributed by atoms with van der Waals surface area (Å²) in [6.45, 7) is 0. The summed E-state index contributed by atoms with van der Waals surface area (Å²) < 4.78 is 32.3. The highest BCUT2D eigenvalue weighted by Gasteiger charge is 2.21. The first-order chi connectivity index (χ1) is 7.48. The quantitative estimate of drug-likeness (QED) is 0.763. The Labute approximate surface area is 99.6 Å². The predicted molar refractivity (Wildman–Crippen MR) is 62.4 cm³/mol. The van der Waals surface area contributed by atoms with Crippen LogP contribution in [-0.2, 0) is 13.8 Å². The maximum Gasteiger partial charge on any atom is 0.235 e. The smallest absolute Gasteiger partial charge is 0.235 e. The zero-order valence-corrected chi connectivity index (χ0v) is 10.6. The van der Waals surface area contributed by atoms with Crippen LogP contribution in [0.15, 0.2) is 24.3 Å². The normalized spacial score (nSPS) is 13.4. The van der Waals surface area contributed by atoms with Crippen molar-refractivity contribution in [3.8, 4) is 5.75 Å². The largest absolute Gasteiger partial charge is 0.496 e. The molecule has 1 unspecified atom stereocenters. The highest BCUT2D eigenvalue weighted by Crippen LogP contribution is 2.28. The maximum atomic E-state index is 11.0. The molecule has 6 heteroatoms. The molecular formula is C10H13ClO4S. The van der Waals surface area contributed by atoms with Crippen LogP contribution in [0.1, 0.15) is 11.7 Å². The van der Waals surface area contributed by atoms with Crippen molar-refractivity contribution in [3.63, 3.8) is 0 Å². The predicted octanol–water partition coefficient (Wildman–Crippen LogP) is 1.95. The van der Waals surface area contributed by atoms with Crippen LogP contribution in [0.2, 0.25) is 0 Å². The third-order valence-electron chi connectivity index (χ3n) is 2.12. The fourth-order valence-corrected chi connectivity index (χ4v) is 2.42. The van der Waals surface area contributed by atoms with Crippen molar-refractivity contribution in [2.24, 2.45) is 0 Å². The number of halogens is 1. The van der Waals surface area contributed by atoms with E-state index in [2.05, 4.69) is 0 Å². The summed E-state index contributed by atoms with van der Waals surface area (Å²) in [5, 5.41) is 0. The number of para-hydroxylation sites is 1. The standard InChI is InChI=1S/C10H13ClO4S/c1-14-9-6-4-3-5-8(9)10(15-2)7-16(11,12)13/h3-6,10H,7H2,1-2H3. The Balaban J connectivity index is 3.03. The van der Waals surface area contributed by atoms with Gasteiger partial charge in [-0.3, -0.25) is 0 Å². The minimum atomic E-state index is -3.62. The van der Waals surface area contributed by atoms with Gasteiger partial charge in [0.05, 0.1) is 12.9 Å². The first-order valence-electron chi connectivity index (χ1n) is 4.56. The number of rotatable bonds is 5. The minimum absolute atomic E-state index is 0.286. The second kappa shape index (κ2) is 5.52. The Morgan fingerprint density at radius 3 is 2.44 bits per heavy atom. The topological polar surface area (TPSA) is 52.6 Å². The van der Waals surface area contributed by atoms with Crippen molar-refractivity contribution in [1.82, 2.24) is 0 Å². The van der Waals surface area contributed by atoms with Crippen molar-refractivity contribution < 1.29 is 17.9 Å². The van der Waals surface area contributed by atoms with Gasteiger partial charge in [-0.25, -0.2) is 8.42 Å². The van der Waals surface area contributed by atoms with E-state index in [9.17, 15) is 8.42 Å². The van der Waals surface area contributed by atoms with Crippen LogP contribution in [0.5, 0.6) is 5.75 Å². The first-order valence-corrected chi connectivity index (χ1v) is 7.04. The van der Waals surface area contributed by atoms with Gasteiger partial charge in [-0.05, 0) is 6.07 Å². The second-order valence-electron chi connectivity index (χ2n) is 3.17. The van der Waals surface area contributed by atoms with Crippen LogP contribution >= 0.6 is 10.7 Å². The fourth-order valence-electron chi connectivity index (χ4n) is 1.40. The summed E-state index contributed by atoms with van der Waals surface area (Å²) in [4.78, 5) is 0. The number of benzene rings is 1. The number of hydrogen-bond acceptors (Lipinski definition) is 4. The van der Waals surface area contributed by atoms with Crippen LogP contribution in [0.25, 0.3) is 0 Å². The van der Waals surface area contributed by atoms with Gasteiger partial charge in [-0.15, -0.1) is 0 Å². The number of hydrogen-bond donors (Lipinski definition) is 0. The third kappa shape index (κ3) is 3.66. The lowest BCUT2D eigenvalue weighted by Gasteiger charge is -2.16. The van der Waals surface area contributed by atoms with Crippen molar-refractivity contribution >= 4 is 19.7 Å². The molecule has 0 saturated carbocycles. The van der Waals surface area contributed by atoms with Gasteiger partial charge in [0.1, 0.15) is 11.9 Å². The molecule has 1 rings (SSSR count). The van der Waals surface area contributed by atoms with E-state index in [0.717, 1.165) is 0 Å². The van der Waals surface area contributed by atoms with Crippen LogP contribution in [-0.4, -0.2) is 28.4 Å². The minimum Gasteiger partial charge on any atom is -0.496 e. The van der Waals surface area contributed by atoms with Crippen LogP contribution in [0.3, 0.4) is 0 Å². The van der Waals surface area contributed by atoms with Crippen molar-refractivity contribution in [2.45, 2.75) is 6.10 Å². The van der Waals surface area contributed by atoms with Gasteiger partial charge in [0.15, 0.2) is 0 Å². The van der Waals surface area contributed by atoms with E-state index < -0.39 is 15.2 Å². The Morgan fingerprint density at radius 1 is 1.31 bits per heavy atom. The maximum absolute atomic E-state index is 11.0. The Kier molecular flexibility index (Phi) is 4.58. The lowest BCUT2D eigenvalue weighted by molar-refractivity contribution is 0.119. The lowest BCUT2D eigenvalue weighted by Crippen LogP contribution is -2.13. The van der Waals surface area contributed by atoms with E-state index in [1.165, 1.54) is 14.2 Å². The van der Waals surface area contributed by atoms with Crippen LogP contribution in [0.4, 0.5) is 0 Å². The first kappa shape index (κ1) is 13.3. The Morgan fingerprint density at radius 2 is 1.94 bits per heavy atom. The van der Waals surface area contributed by atoms with E-state index in [1.54, 1.807) is 24.3 Å². The second-order valence-corrected chi connectivity index (χ2v) is 5.99. The molecule has 1 atom stereocenters. The molecule has 0 aliphatic heterocycles. The van der Waals surface area contributed by atoms with Crippen molar-refractivity contribution in [2.75, 3.05) is 20.0 Å². The molecule has 0 spiro atoms. The van der Waals surface area contributed by atoms with E-state index in [1.807, 2.05) is 0 Å². The van der Waals surface area contributed by atoms with Gasteiger partial charge < -0.3 is 9.47 Å². The van der Waals surface area contributed by atoms with Gasteiger partial charge in [-0.2, -0.15) is 0 Å². The number of methoxy groups -OCH3 is 2. The highest BCUT2D eigenvalue weighted by atomic mass is 35.7. The van der Waals surface area contributed by atoms with E-state index in [4.69, 9.17) is 20.2 Å². The molecular weight excluding hydrogens is 252 g/mol. The summed E-state index contributed by atoms with van der Waals surface area (Å²) in [6.07, 6.45) is -0.626. The molecule has 0 aliphatic carbocycles. The fraction of sp³-hybridized carbons (Fsp3) is 0.400. The molecule has 0 bridgehead atoms. The monoisotopic (exact) mass is 264 g/mol. The molecule has 0 fully saturated rings. The van der Waals surface area contributed by atoms with E-state index in [-0.39, 0.29) is 5.75 Å². The summed E-state index contributed by atoms with van der Waals surface area (Å²) in [6, 6.07) is 7.06. The zero-order chi connectivity index (χ0) is 12.2. The van der Waals surface area contributed by atoms with Crippen LogP contribution < -0.4 is 4.74 Å². The van der Waals surface area contributed by atoms with Crippen LogP contribution in [0, 0.1) is 0 Å². The lowest BCUT2D eigenvalue weighted by atomic mass is 10.1. The van der Waals surface area contributed by atoms with Gasteiger partial charge >= 0.3 is 0 Å². The van der Waals surface area contributed by atoms with Gasteiger partial charge in [0.25, 0.3) is 0 Å². The molecule has 1 aromatic rings. The molecule has 16 heavy (non-hydrogen) atoms. The van der Waals surface area contributed by atoms with Gasteiger partial charge in [0, 0.05) is 23.4 Å². The molecule has 90 valence electrons. The summed E-state index contributed by atoms with van der Waals surface area (Å²) >= 11 is 0. The zero-order valence-electron chi connectivity index (χ0n) is 9.01. The van der Waals surface area contributed by atoms with E-state index >= 15 is 0 Å². The molecule has 0 aliphatic rings. The Bertz CT molecular complexity index is 444. The molecule has 0 heterocycles. The summed E-state index contributed by atoms with van der Waals surface area (Å²) in [5.74, 6) is 0.292.